The molecule has 2 aliphatic rings. The van der Waals surface area contributed by atoms with E-state index in [0.717, 1.165) is 33.1 Å². The minimum atomic E-state index is 0.331. The molecule has 0 spiro atoms. The van der Waals surface area contributed by atoms with Crippen molar-refractivity contribution in [1.82, 2.24) is 0 Å². The highest BCUT2D eigenvalue weighted by Gasteiger charge is 2.31. The summed E-state index contributed by atoms with van der Waals surface area (Å²) in [6.45, 7) is 0. The molecule has 2 heteroatoms. The molecule has 1 N–H and O–H groups in total. The van der Waals surface area contributed by atoms with Crippen molar-refractivity contribution in [2.75, 3.05) is 5.32 Å². The molecule has 2 nitrogen and oxygen atoms in total. The molecule has 0 amide bonds. The normalized spacial score (nSPS) is 17.5. The summed E-state index contributed by atoms with van der Waals surface area (Å²) in [5.41, 5.74) is 11.6. The Morgan fingerprint density at radius 2 is 1.21 bits per heavy atom. The zero-order chi connectivity index (χ0) is 25.1. The Bertz CT molecular complexity index is 1920. The highest BCUT2D eigenvalue weighted by molar-refractivity contribution is 6.09. The lowest BCUT2D eigenvalue weighted by Crippen LogP contribution is -2.17. The number of anilines is 1. The number of hydrogen-bond donors (Lipinski definition) is 1. The van der Waals surface area contributed by atoms with Crippen LogP contribution >= 0.6 is 0 Å². The minimum absolute atomic E-state index is 0.331. The fourth-order valence-corrected chi connectivity index (χ4v) is 6.17. The second-order valence-corrected chi connectivity index (χ2v) is 10.2. The second-order valence-electron chi connectivity index (χ2n) is 10.2. The van der Waals surface area contributed by atoms with Gasteiger partial charge in [-0.15, -0.1) is 0 Å². The molecular weight excluding hydrogens is 462 g/mol. The lowest BCUT2D eigenvalue weighted by molar-refractivity contribution is 0.670. The number of benzene rings is 5. The van der Waals surface area contributed by atoms with Crippen LogP contribution < -0.4 is 5.32 Å². The fraction of sp³-hybridized carbons (Fsp3) is 0.0556. The van der Waals surface area contributed by atoms with Gasteiger partial charge in [-0.3, -0.25) is 0 Å². The van der Waals surface area contributed by atoms with Gasteiger partial charge in [-0.25, -0.2) is 0 Å². The van der Waals surface area contributed by atoms with Gasteiger partial charge in [0.05, 0.1) is 6.04 Å². The van der Waals surface area contributed by atoms with Crippen LogP contribution in [0.1, 0.15) is 11.5 Å². The molecule has 38 heavy (non-hydrogen) atoms. The van der Waals surface area contributed by atoms with E-state index in [0.29, 0.717) is 12.0 Å². The largest absolute Gasteiger partial charge is 0.455 e. The molecule has 180 valence electrons. The Morgan fingerprint density at radius 1 is 0.553 bits per heavy atom. The number of para-hydroxylation sites is 3. The molecule has 1 aromatic heterocycles. The summed E-state index contributed by atoms with van der Waals surface area (Å²) in [6.07, 6.45) is 8.86. The molecule has 0 saturated carbocycles. The number of rotatable bonds is 3. The lowest BCUT2D eigenvalue weighted by Gasteiger charge is -2.15. The zero-order valence-corrected chi connectivity index (χ0v) is 20.8. The molecule has 5 aromatic carbocycles. The van der Waals surface area contributed by atoms with Crippen LogP contribution in [0.4, 0.5) is 5.69 Å². The van der Waals surface area contributed by atoms with Gasteiger partial charge in [0.2, 0.25) is 0 Å². The van der Waals surface area contributed by atoms with Crippen molar-refractivity contribution >= 4 is 27.6 Å². The predicted molar refractivity (Wildman–Crippen MR) is 158 cm³/mol. The maximum Gasteiger partial charge on any atom is 0.143 e. The summed E-state index contributed by atoms with van der Waals surface area (Å²) in [4.78, 5) is 0. The summed E-state index contributed by atoms with van der Waals surface area (Å²) in [6, 6.07) is 39.4. The Balaban J connectivity index is 1.21. The van der Waals surface area contributed by atoms with Gasteiger partial charge >= 0.3 is 0 Å². The first kappa shape index (κ1) is 21.3. The number of furan rings is 1. The second kappa shape index (κ2) is 8.36. The maximum absolute atomic E-state index is 6.33. The summed E-state index contributed by atoms with van der Waals surface area (Å²) in [7, 11) is 0. The van der Waals surface area contributed by atoms with E-state index in [1.165, 1.54) is 33.5 Å². The first-order valence-corrected chi connectivity index (χ1v) is 13.2. The van der Waals surface area contributed by atoms with E-state index in [9.17, 15) is 0 Å². The van der Waals surface area contributed by atoms with E-state index in [-0.39, 0.29) is 0 Å². The molecule has 2 unspecified atom stereocenters. The van der Waals surface area contributed by atoms with E-state index >= 15 is 0 Å². The smallest absolute Gasteiger partial charge is 0.143 e. The average molecular weight is 488 g/mol. The number of allylic oxidation sites excluding steroid dienone is 2. The van der Waals surface area contributed by atoms with Crippen LogP contribution in [0.3, 0.4) is 0 Å². The molecule has 0 radical (unpaired) electrons. The van der Waals surface area contributed by atoms with Crippen LogP contribution in [-0.4, -0.2) is 6.04 Å². The van der Waals surface area contributed by atoms with Crippen LogP contribution in [0.15, 0.2) is 138 Å². The summed E-state index contributed by atoms with van der Waals surface area (Å²) in [5, 5.41) is 6.08. The van der Waals surface area contributed by atoms with Gasteiger partial charge in [-0.1, -0.05) is 115 Å². The van der Waals surface area contributed by atoms with Gasteiger partial charge < -0.3 is 9.73 Å². The molecule has 0 saturated heterocycles. The summed E-state index contributed by atoms with van der Waals surface area (Å²) in [5.74, 6) is 0.399. The highest BCUT2D eigenvalue weighted by Crippen LogP contribution is 2.45. The number of fused-ring (bicyclic) bond motifs is 6. The first-order valence-electron chi connectivity index (χ1n) is 13.2. The Hall–Kier alpha value is -4.82. The predicted octanol–water partition coefficient (Wildman–Crippen LogP) is 9.59. The third-order valence-electron chi connectivity index (χ3n) is 7.99. The molecule has 8 rings (SSSR count). The Morgan fingerprint density at radius 3 is 2.08 bits per heavy atom. The topological polar surface area (TPSA) is 25.2 Å². The monoisotopic (exact) mass is 487 g/mol. The quantitative estimate of drug-likeness (QED) is 0.269. The van der Waals surface area contributed by atoms with Crippen LogP contribution in [0.25, 0.3) is 55.3 Å². The number of hydrogen-bond acceptors (Lipinski definition) is 2. The van der Waals surface area contributed by atoms with Gasteiger partial charge in [-0.05, 0) is 46.0 Å². The first-order chi connectivity index (χ1) is 18.8. The fourth-order valence-electron chi connectivity index (χ4n) is 6.17. The van der Waals surface area contributed by atoms with E-state index in [1.807, 2.05) is 12.1 Å². The molecular formula is C36H25NO. The summed E-state index contributed by atoms with van der Waals surface area (Å²) < 4.78 is 6.33. The van der Waals surface area contributed by atoms with Crippen LogP contribution in [0, 0.1) is 0 Å². The van der Waals surface area contributed by atoms with E-state index in [4.69, 9.17) is 4.42 Å². The summed E-state index contributed by atoms with van der Waals surface area (Å²) >= 11 is 0. The van der Waals surface area contributed by atoms with Gasteiger partial charge in [0, 0.05) is 33.5 Å². The Kier molecular flexibility index (Phi) is 4.68. The third kappa shape index (κ3) is 3.27. The zero-order valence-electron chi connectivity index (χ0n) is 20.8. The van der Waals surface area contributed by atoms with Crippen molar-refractivity contribution in [3.8, 4) is 33.4 Å². The van der Waals surface area contributed by atoms with Crippen LogP contribution in [0.2, 0.25) is 0 Å². The van der Waals surface area contributed by atoms with Gasteiger partial charge in [0.25, 0.3) is 0 Å². The highest BCUT2D eigenvalue weighted by atomic mass is 16.3. The van der Waals surface area contributed by atoms with Gasteiger partial charge in [0.15, 0.2) is 0 Å². The molecule has 0 bridgehead atoms. The third-order valence-corrected chi connectivity index (χ3v) is 7.99. The molecule has 2 heterocycles. The van der Waals surface area contributed by atoms with Crippen molar-refractivity contribution in [1.29, 1.82) is 0 Å². The Labute approximate surface area is 221 Å². The van der Waals surface area contributed by atoms with Crippen molar-refractivity contribution in [3.63, 3.8) is 0 Å². The van der Waals surface area contributed by atoms with Crippen LogP contribution in [-0.2, 0) is 0 Å². The number of nitrogens with one attached hydrogen (secondary N) is 1. The average Bonchev–Trinajstić information content (AvgIpc) is 3.56. The minimum Gasteiger partial charge on any atom is -0.455 e. The van der Waals surface area contributed by atoms with E-state index in [1.54, 1.807) is 0 Å². The van der Waals surface area contributed by atoms with Gasteiger partial charge in [0.1, 0.15) is 11.2 Å². The van der Waals surface area contributed by atoms with Crippen molar-refractivity contribution in [3.05, 3.63) is 139 Å². The van der Waals surface area contributed by atoms with Gasteiger partial charge in [-0.2, -0.15) is 0 Å². The molecule has 2 atom stereocenters. The van der Waals surface area contributed by atoms with Crippen molar-refractivity contribution in [2.24, 2.45) is 0 Å². The van der Waals surface area contributed by atoms with Crippen LogP contribution in [0.5, 0.6) is 0 Å². The standard InChI is InChI=1S/C36H25NO/c1-3-19-33-29(13-1)31-17-7-15-27(35(31)37-33)25-11-5-9-23(21-25)24-10-6-12-26(22-24)28-16-8-18-32-30-14-2-4-20-34(30)38-36(28)32/h1-22,29,33,37H. The van der Waals surface area contributed by atoms with E-state index in [2.05, 4.69) is 127 Å². The SMILES string of the molecule is C1=CC2Nc3c(-c4cccc(-c5cccc(-c6cccc7c6oc6ccccc67)c5)c4)cccc3C2C=C1. The maximum atomic E-state index is 6.33. The molecule has 1 aliphatic heterocycles. The molecule has 1 aliphatic carbocycles. The van der Waals surface area contributed by atoms with Crippen molar-refractivity contribution in [2.45, 2.75) is 12.0 Å². The molecule has 6 aromatic rings. The van der Waals surface area contributed by atoms with E-state index < -0.39 is 0 Å². The lowest BCUT2D eigenvalue weighted by atomic mass is 9.89. The van der Waals surface area contributed by atoms with Crippen molar-refractivity contribution < 1.29 is 4.42 Å². The molecule has 0 fully saturated rings.